The van der Waals surface area contributed by atoms with Gasteiger partial charge in [-0.05, 0) is 130 Å². The molecule has 0 saturated carbocycles. The minimum atomic E-state index is -4.32. The fraction of sp³-hybridized carbons (Fsp3) is 0.370. The third-order valence-corrected chi connectivity index (χ3v) is 13.0. The van der Waals surface area contributed by atoms with E-state index in [9.17, 15) is 26.3 Å². The third kappa shape index (κ3) is 13.9. The number of nitrogens with zero attached hydrogens (tertiary/aromatic N) is 6. The van der Waals surface area contributed by atoms with Crippen LogP contribution >= 0.6 is 0 Å². The van der Waals surface area contributed by atoms with Crippen molar-refractivity contribution in [3.8, 4) is 28.0 Å². The molecule has 6 aromatic rings. The standard InChI is InChI=1S/C27H31F3N4O.C27H31F3N4/c1-35-23-9-4-6-20(18-23)24-11-12-32-25(26(24)31)10-2-3-13-33-14-16-34(17-15-33)22-8-5-7-21(19-22)27(28,29)30;1-20-6-4-7-21(18-20)24-11-12-32-25(26(24)31)10-2-3-13-33-14-16-34(17-15-33)23-9-5-8-22(19-23)27(28,29)30/h4-9,11-12,18-19H,2-3,10,13-17,31H2,1H3;4-9,11-12,18-19H,2-3,10,13-17,31H2,1H3. The van der Waals surface area contributed by atoms with Gasteiger partial charge in [0.25, 0.3) is 0 Å². The van der Waals surface area contributed by atoms with Crippen LogP contribution in [0.4, 0.5) is 49.1 Å². The molecule has 69 heavy (non-hydrogen) atoms. The second-order valence-corrected chi connectivity index (χ2v) is 17.7. The van der Waals surface area contributed by atoms with Gasteiger partial charge in [-0.2, -0.15) is 26.3 Å². The highest BCUT2D eigenvalue weighted by Gasteiger charge is 2.32. The zero-order chi connectivity index (χ0) is 49.0. The zero-order valence-corrected chi connectivity index (χ0v) is 39.4. The maximum Gasteiger partial charge on any atom is 0.416 e. The van der Waals surface area contributed by atoms with Gasteiger partial charge in [-0.25, -0.2) is 0 Å². The number of aromatic nitrogens is 2. The van der Waals surface area contributed by atoms with Gasteiger partial charge in [0.1, 0.15) is 5.75 Å². The number of piperazine rings is 2. The van der Waals surface area contributed by atoms with Crippen LogP contribution in [0.5, 0.6) is 5.75 Å². The highest BCUT2D eigenvalue weighted by molar-refractivity contribution is 5.79. The van der Waals surface area contributed by atoms with E-state index in [-0.39, 0.29) is 0 Å². The quantitative estimate of drug-likeness (QED) is 0.0770. The Morgan fingerprint density at radius 2 is 0.957 bits per heavy atom. The number of alkyl halides is 6. The fourth-order valence-corrected chi connectivity index (χ4v) is 9.01. The largest absolute Gasteiger partial charge is 0.497 e. The van der Waals surface area contributed by atoms with Crippen molar-refractivity contribution in [3.63, 3.8) is 0 Å². The van der Waals surface area contributed by atoms with Crippen LogP contribution in [0, 0.1) is 6.92 Å². The van der Waals surface area contributed by atoms with E-state index >= 15 is 0 Å². The molecule has 2 aromatic heterocycles. The SMILES string of the molecule is COc1cccc(-c2ccnc(CCCCN3CCN(c4cccc(C(F)(F)F)c4)CC3)c2N)c1.Cc1cccc(-c2ccnc(CCCCN3CCN(c4cccc(C(F)(F)F)c4)CC3)c2N)c1. The molecule has 0 amide bonds. The molecule has 0 bridgehead atoms. The Balaban J connectivity index is 0.000000204. The minimum absolute atomic E-state index is 0.591. The Morgan fingerprint density at radius 1 is 0.522 bits per heavy atom. The van der Waals surface area contributed by atoms with E-state index in [1.54, 1.807) is 25.4 Å². The lowest BCUT2D eigenvalue weighted by Gasteiger charge is -2.36. The van der Waals surface area contributed by atoms with Crippen molar-refractivity contribution >= 4 is 22.7 Å². The summed E-state index contributed by atoms with van der Waals surface area (Å²) < 4.78 is 83.4. The van der Waals surface area contributed by atoms with Gasteiger partial charge >= 0.3 is 12.4 Å². The minimum Gasteiger partial charge on any atom is -0.497 e. The second-order valence-electron chi connectivity index (χ2n) is 17.7. The summed E-state index contributed by atoms with van der Waals surface area (Å²) in [7, 11) is 1.64. The molecule has 0 radical (unpaired) electrons. The van der Waals surface area contributed by atoms with Gasteiger partial charge in [-0.15, -0.1) is 0 Å². The lowest BCUT2D eigenvalue weighted by Crippen LogP contribution is -2.46. The maximum absolute atomic E-state index is 13.0. The van der Waals surface area contributed by atoms with Gasteiger partial charge in [0.2, 0.25) is 0 Å². The number of ether oxygens (including phenoxy) is 1. The molecule has 0 atom stereocenters. The molecule has 2 aliphatic rings. The van der Waals surface area contributed by atoms with Crippen LogP contribution in [0.1, 0.15) is 53.8 Å². The van der Waals surface area contributed by atoms with Crippen LogP contribution in [0.3, 0.4) is 0 Å². The summed E-state index contributed by atoms with van der Waals surface area (Å²) in [4.78, 5) is 17.8. The first-order chi connectivity index (χ1) is 33.2. The van der Waals surface area contributed by atoms with Gasteiger partial charge in [0.15, 0.2) is 0 Å². The molecule has 8 rings (SSSR count). The van der Waals surface area contributed by atoms with Crippen LogP contribution in [0.2, 0.25) is 0 Å². The van der Waals surface area contributed by atoms with Crippen molar-refractivity contribution < 1.29 is 31.1 Å². The molecule has 366 valence electrons. The number of aryl methyl sites for hydroxylation is 3. The number of nitrogens with two attached hydrogens (primary N) is 2. The molecule has 2 aliphatic heterocycles. The van der Waals surface area contributed by atoms with Crippen molar-refractivity contribution in [1.82, 2.24) is 19.8 Å². The lowest BCUT2D eigenvalue weighted by atomic mass is 10.0. The number of rotatable bonds is 15. The van der Waals surface area contributed by atoms with Crippen molar-refractivity contribution in [1.29, 1.82) is 0 Å². The highest BCUT2D eigenvalue weighted by Crippen LogP contribution is 2.35. The van der Waals surface area contributed by atoms with Crippen molar-refractivity contribution in [2.75, 3.05) is 93.8 Å². The first-order valence-electron chi connectivity index (χ1n) is 23.6. The molecular weight excluding hydrogens is 891 g/mol. The van der Waals surface area contributed by atoms with Gasteiger partial charge in [-0.1, -0.05) is 54.1 Å². The van der Waals surface area contributed by atoms with E-state index in [4.69, 9.17) is 16.2 Å². The fourth-order valence-electron chi connectivity index (χ4n) is 9.01. The van der Waals surface area contributed by atoms with E-state index in [1.165, 1.54) is 29.8 Å². The number of nitrogen functional groups attached to an aromatic ring is 2. The molecule has 0 spiro atoms. The van der Waals surface area contributed by atoms with Crippen molar-refractivity contribution in [2.24, 2.45) is 0 Å². The van der Waals surface area contributed by atoms with Gasteiger partial charge < -0.3 is 26.0 Å². The van der Waals surface area contributed by atoms with Crippen LogP contribution in [0.15, 0.2) is 122 Å². The summed E-state index contributed by atoms with van der Waals surface area (Å²) in [6, 6.07) is 31.2. The summed E-state index contributed by atoms with van der Waals surface area (Å²) in [5.74, 6) is 0.786. The number of pyridine rings is 2. The average molecular weight is 953 g/mol. The molecule has 2 fully saturated rings. The van der Waals surface area contributed by atoms with E-state index in [2.05, 4.69) is 44.9 Å². The number of hydrogen-bond donors (Lipinski definition) is 2. The smallest absolute Gasteiger partial charge is 0.416 e. The molecule has 0 unspecified atom stereocenters. The third-order valence-electron chi connectivity index (χ3n) is 13.0. The number of hydrogen-bond acceptors (Lipinski definition) is 9. The van der Waals surface area contributed by atoms with Crippen molar-refractivity contribution in [3.05, 3.63) is 150 Å². The molecular formula is C54H62F6N8O. The number of halogens is 6. The van der Waals surface area contributed by atoms with E-state index in [0.717, 1.165) is 161 Å². The Kier molecular flexibility index (Phi) is 17.1. The zero-order valence-electron chi connectivity index (χ0n) is 39.4. The molecule has 4 heterocycles. The molecule has 15 heteroatoms. The van der Waals surface area contributed by atoms with Gasteiger partial charge in [-0.3, -0.25) is 19.8 Å². The number of benzene rings is 4. The lowest BCUT2D eigenvalue weighted by molar-refractivity contribution is -0.138. The number of unbranched alkanes of at least 4 members (excludes halogenated alkanes) is 2. The van der Waals surface area contributed by atoms with Crippen molar-refractivity contribution in [2.45, 2.75) is 57.8 Å². The Hall–Kier alpha value is -6.32. The monoisotopic (exact) mass is 952 g/mol. The summed E-state index contributed by atoms with van der Waals surface area (Å²) in [6.45, 7) is 10.3. The van der Waals surface area contributed by atoms with Gasteiger partial charge in [0.05, 0.1) is 41.0 Å². The van der Waals surface area contributed by atoms with E-state index in [1.807, 2.05) is 58.5 Å². The Bertz CT molecular complexity index is 2590. The molecule has 9 nitrogen and oxygen atoms in total. The predicted molar refractivity (Wildman–Crippen MR) is 266 cm³/mol. The number of anilines is 4. The van der Waals surface area contributed by atoms with Crippen LogP contribution in [-0.4, -0.2) is 92.3 Å². The highest BCUT2D eigenvalue weighted by atomic mass is 19.4. The first kappa shape index (κ1) is 50.6. The number of methoxy groups -OCH3 is 1. The van der Waals surface area contributed by atoms with E-state index in [0.29, 0.717) is 17.1 Å². The summed E-state index contributed by atoms with van der Waals surface area (Å²) in [5, 5.41) is 0. The van der Waals surface area contributed by atoms with E-state index < -0.39 is 23.5 Å². The molecule has 2 saturated heterocycles. The normalized spacial score (nSPS) is 14.9. The summed E-state index contributed by atoms with van der Waals surface area (Å²) in [5.41, 5.74) is 21.6. The van der Waals surface area contributed by atoms with Gasteiger partial charge in [0, 0.05) is 87.3 Å². The Labute approximate surface area is 401 Å². The second kappa shape index (κ2) is 23.3. The first-order valence-corrected chi connectivity index (χ1v) is 23.6. The topological polar surface area (TPSA) is 100 Å². The van der Waals surface area contributed by atoms with Crippen LogP contribution in [-0.2, 0) is 25.2 Å². The summed E-state index contributed by atoms with van der Waals surface area (Å²) in [6.07, 6.45) is 0.620. The van der Waals surface area contributed by atoms with Crippen LogP contribution < -0.4 is 26.0 Å². The maximum atomic E-state index is 13.0. The predicted octanol–water partition coefficient (Wildman–Crippen LogP) is 11.3. The molecule has 4 aromatic carbocycles. The van der Waals surface area contributed by atoms with Crippen LogP contribution in [0.25, 0.3) is 22.3 Å². The molecule has 4 N–H and O–H groups in total. The average Bonchev–Trinajstić information content (AvgIpc) is 3.35. The summed E-state index contributed by atoms with van der Waals surface area (Å²) >= 11 is 0. The molecule has 0 aliphatic carbocycles. The Morgan fingerprint density at radius 3 is 1.39 bits per heavy atom.